The molecule has 3 rings (SSSR count). The summed E-state index contributed by atoms with van der Waals surface area (Å²) in [6.45, 7) is 5.91. The van der Waals surface area contributed by atoms with Gasteiger partial charge in [0.25, 0.3) is 0 Å². The van der Waals surface area contributed by atoms with Crippen molar-refractivity contribution in [3.8, 4) is 0 Å². The van der Waals surface area contributed by atoms with E-state index in [2.05, 4.69) is 19.2 Å². The molecule has 0 bridgehead atoms. The molecule has 2 fully saturated rings. The minimum atomic E-state index is -0.286. The van der Waals surface area contributed by atoms with E-state index < -0.39 is 0 Å². The van der Waals surface area contributed by atoms with Crippen LogP contribution in [0.4, 0.5) is 4.39 Å². The van der Waals surface area contributed by atoms with Crippen molar-refractivity contribution in [2.45, 2.75) is 39.0 Å². The maximum Gasteiger partial charge on any atom is 0.225 e. The molecule has 1 aromatic carbocycles. The lowest BCUT2D eigenvalue weighted by Crippen LogP contribution is -2.36. The van der Waals surface area contributed by atoms with E-state index in [4.69, 9.17) is 0 Å². The highest BCUT2D eigenvalue weighted by atomic mass is 19.1. The Kier molecular flexibility index (Phi) is 5.40. The molecule has 1 aliphatic carbocycles. The molecule has 136 valence electrons. The molecule has 1 N–H and O–H groups in total. The number of carbonyl (C=O) groups excluding carboxylic acids is 2. The fourth-order valence-corrected chi connectivity index (χ4v) is 3.50. The molecule has 1 saturated heterocycles. The summed E-state index contributed by atoms with van der Waals surface area (Å²) in [6, 6.07) is 6.32. The Morgan fingerprint density at radius 2 is 1.88 bits per heavy atom. The maximum atomic E-state index is 13.2. The van der Waals surface area contributed by atoms with Crippen LogP contribution in [0, 0.1) is 23.6 Å². The molecule has 2 atom stereocenters. The molecule has 5 heteroatoms. The predicted octanol–water partition coefficient (Wildman–Crippen LogP) is 2.94. The van der Waals surface area contributed by atoms with Crippen molar-refractivity contribution in [3.63, 3.8) is 0 Å². The van der Waals surface area contributed by atoms with Crippen LogP contribution in [0.3, 0.4) is 0 Å². The number of nitrogens with zero attached hydrogens (tertiary/aromatic N) is 1. The zero-order chi connectivity index (χ0) is 18.0. The number of amides is 2. The predicted molar refractivity (Wildman–Crippen MR) is 94.4 cm³/mol. The number of likely N-dealkylation sites (tertiary alicyclic amines) is 1. The van der Waals surface area contributed by atoms with E-state index in [1.165, 1.54) is 12.1 Å². The standard InChI is InChI=1S/C20H27FN2O2/c1-13(2)9-10-22-19(24)18-12-23(20(25)15-3-4-15)11-17(18)14-5-7-16(21)8-6-14/h5-8,13,15,17-18H,3-4,9-12H2,1-2H3,(H,22,24). The van der Waals surface area contributed by atoms with Gasteiger partial charge in [0.05, 0.1) is 5.92 Å². The van der Waals surface area contributed by atoms with Crippen molar-refractivity contribution in [2.24, 2.45) is 17.8 Å². The Labute approximate surface area is 148 Å². The largest absolute Gasteiger partial charge is 0.356 e. The minimum Gasteiger partial charge on any atom is -0.356 e. The van der Waals surface area contributed by atoms with Crippen LogP contribution in [0.25, 0.3) is 0 Å². The summed E-state index contributed by atoms with van der Waals surface area (Å²) in [7, 11) is 0. The summed E-state index contributed by atoms with van der Waals surface area (Å²) >= 11 is 0. The van der Waals surface area contributed by atoms with Gasteiger partial charge in [-0.15, -0.1) is 0 Å². The first-order chi connectivity index (χ1) is 12.0. The normalized spacial score (nSPS) is 23.1. The van der Waals surface area contributed by atoms with Gasteiger partial charge in [-0.3, -0.25) is 9.59 Å². The van der Waals surface area contributed by atoms with E-state index in [9.17, 15) is 14.0 Å². The smallest absolute Gasteiger partial charge is 0.225 e. The van der Waals surface area contributed by atoms with Crippen molar-refractivity contribution in [2.75, 3.05) is 19.6 Å². The van der Waals surface area contributed by atoms with E-state index in [-0.39, 0.29) is 35.4 Å². The summed E-state index contributed by atoms with van der Waals surface area (Å²) in [5, 5.41) is 3.02. The average Bonchev–Trinajstić information content (AvgIpc) is 3.33. The molecule has 0 spiro atoms. The Morgan fingerprint density at radius 3 is 2.48 bits per heavy atom. The highest BCUT2D eigenvalue weighted by Gasteiger charge is 2.43. The third-order valence-corrected chi connectivity index (χ3v) is 5.21. The molecule has 0 radical (unpaired) electrons. The van der Waals surface area contributed by atoms with E-state index in [0.29, 0.717) is 25.6 Å². The monoisotopic (exact) mass is 346 g/mol. The molecule has 2 aliphatic rings. The zero-order valence-corrected chi connectivity index (χ0v) is 15.0. The second-order valence-corrected chi connectivity index (χ2v) is 7.76. The lowest BCUT2D eigenvalue weighted by Gasteiger charge is -2.18. The van der Waals surface area contributed by atoms with Gasteiger partial charge >= 0.3 is 0 Å². The Hall–Kier alpha value is -1.91. The fraction of sp³-hybridized carbons (Fsp3) is 0.600. The summed E-state index contributed by atoms with van der Waals surface area (Å²) in [5.74, 6) is 0.236. The van der Waals surface area contributed by atoms with Gasteiger partial charge < -0.3 is 10.2 Å². The summed E-state index contributed by atoms with van der Waals surface area (Å²) in [5.41, 5.74) is 0.927. The zero-order valence-electron chi connectivity index (χ0n) is 15.0. The third kappa shape index (κ3) is 4.39. The van der Waals surface area contributed by atoms with E-state index >= 15 is 0 Å². The van der Waals surface area contributed by atoms with Crippen molar-refractivity contribution >= 4 is 11.8 Å². The van der Waals surface area contributed by atoms with Gasteiger partial charge in [0.1, 0.15) is 5.82 Å². The fourth-order valence-electron chi connectivity index (χ4n) is 3.50. The summed E-state index contributed by atoms with van der Waals surface area (Å²) in [6.07, 6.45) is 2.86. The summed E-state index contributed by atoms with van der Waals surface area (Å²) in [4.78, 5) is 27.0. The number of benzene rings is 1. The topological polar surface area (TPSA) is 49.4 Å². The third-order valence-electron chi connectivity index (χ3n) is 5.21. The highest BCUT2D eigenvalue weighted by Crippen LogP contribution is 2.37. The first-order valence-electron chi connectivity index (χ1n) is 9.27. The molecule has 1 saturated carbocycles. The van der Waals surface area contributed by atoms with Crippen molar-refractivity contribution in [1.29, 1.82) is 0 Å². The lowest BCUT2D eigenvalue weighted by atomic mass is 9.88. The van der Waals surface area contributed by atoms with Crippen LogP contribution in [0.5, 0.6) is 0 Å². The molecule has 2 amide bonds. The minimum absolute atomic E-state index is 0.000993. The molecule has 25 heavy (non-hydrogen) atoms. The van der Waals surface area contributed by atoms with E-state index in [1.54, 1.807) is 12.1 Å². The van der Waals surface area contributed by atoms with Gasteiger partial charge in [-0.05, 0) is 42.9 Å². The van der Waals surface area contributed by atoms with Gasteiger partial charge in [0, 0.05) is 31.5 Å². The molecular weight excluding hydrogens is 319 g/mol. The highest BCUT2D eigenvalue weighted by molar-refractivity contribution is 5.85. The Bertz CT molecular complexity index is 625. The van der Waals surface area contributed by atoms with Gasteiger partial charge in [0.15, 0.2) is 0 Å². The molecular formula is C20H27FN2O2. The Morgan fingerprint density at radius 1 is 1.20 bits per heavy atom. The average molecular weight is 346 g/mol. The number of carbonyl (C=O) groups is 2. The van der Waals surface area contributed by atoms with Crippen LogP contribution in [0.2, 0.25) is 0 Å². The number of hydrogen-bond donors (Lipinski definition) is 1. The molecule has 1 aromatic rings. The van der Waals surface area contributed by atoms with E-state index in [0.717, 1.165) is 24.8 Å². The van der Waals surface area contributed by atoms with Crippen LogP contribution >= 0.6 is 0 Å². The quantitative estimate of drug-likeness (QED) is 0.861. The first kappa shape index (κ1) is 17.9. The van der Waals surface area contributed by atoms with Crippen LogP contribution in [0.15, 0.2) is 24.3 Å². The van der Waals surface area contributed by atoms with Crippen molar-refractivity contribution < 1.29 is 14.0 Å². The number of rotatable bonds is 6. The van der Waals surface area contributed by atoms with Crippen molar-refractivity contribution in [1.82, 2.24) is 10.2 Å². The maximum absolute atomic E-state index is 13.2. The summed E-state index contributed by atoms with van der Waals surface area (Å²) < 4.78 is 13.2. The second kappa shape index (κ2) is 7.54. The number of halogens is 1. The second-order valence-electron chi connectivity index (χ2n) is 7.76. The Balaban J connectivity index is 1.72. The van der Waals surface area contributed by atoms with Crippen LogP contribution in [-0.4, -0.2) is 36.3 Å². The molecule has 0 aromatic heterocycles. The number of nitrogens with one attached hydrogen (secondary N) is 1. The lowest BCUT2D eigenvalue weighted by molar-refractivity contribution is -0.132. The molecule has 2 unspecified atom stereocenters. The van der Waals surface area contributed by atoms with Gasteiger partial charge in [-0.2, -0.15) is 0 Å². The van der Waals surface area contributed by atoms with Gasteiger partial charge in [0.2, 0.25) is 11.8 Å². The van der Waals surface area contributed by atoms with Gasteiger partial charge in [-0.25, -0.2) is 4.39 Å². The van der Waals surface area contributed by atoms with Crippen LogP contribution < -0.4 is 5.32 Å². The van der Waals surface area contributed by atoms with Crippen LogP contribution in [0.1, 0.15) is 44.6 Å². The molecule has 1 aliphatic heterocycles. The SMILES string of the molecule is CC(C)CCNC(=O)C1CN(C(=O)C2CC2)CC1c1ccc(F)cc1. The number of hydrogen-bond acceptors (Lipinski definition) is 2. The van der Waals surface area contributed by atoms with Gasteiger partial charge in [-0.1, -0.05) is 26.0 Å². The molecule has 4 nitrogen and oxygen atoms in total. The first-order valence-corrected chi connectivity index (χ1v) is 9.27. The van der Waals surface area contributed by atoms with E-state index in [1.807, 2.05) is 4.90 Å². The van der Waals surface area contributed by atoms with Crippen molar-refractivity contribution in [3.05, 3.63) is 35.6 Å². The van der Waals surface area contributed by atoms with Crippen LogP contribution in [-0.2, 0) is 9.59 Å². The molecule has 1 heterocycles.